The summed E-state index contributed by atoms with van der Waals surface area (Å²) in [5, 5.41) is 3.49. The predicted octanol–water partition coefficient (Wildman–Crippen LogP) is 2.57. The molecule has 2 fully saturated rings. The van der Waals surface area contributed by atoms with Crippen LogP contribution >= 0.6 is 0 Å². The minimum absolute atomic E-state index is 0.531. The number of nitrogens with one attached hydrogen (secondary N) is 1. The van der Waals surface area contributed by atoms with Gasteiger partial charge in [-0.3, -0.25) is 0 Å². The van der Waals surface area contributed by atoms with E-state index in [-0.39, 0.29) is 0 Å². The summed E-state index contributed by atoms with van der Waals surface area (Å²) in [5.41, 5.74) is 0.531. The highest BCUT2D eigenvalue weighted by molar-refractivity contribution is 4.88. The van der Waals surface area contributed by atoms with E-state index in [1.54, 1.807) is 0 Å². The van der Waals surface area contributed by atoms with Gasteiger partial charge in [0.15, 0.2) is 0 Å². The van der Waals surface area contributed by atoms with Crippen molar-refractivity contribution in [1.29, 1.82) is 0 Å². The fourth-order valence-electron chi connectivity index (χ4n) is 4.34. The van der Waals surface area contributed by atoms with Crippen molar-refractivity contribution in [3.8, 4) is 0 Å². The van der Waals surface area contributed by atoms with Crippen LogP contribution in [-0.2, 0) is 0 Å². The second-order valence-electron chi connectivity index (χ2n) is 7.39. The van der Waals surface area contributed by atoms with Gasteiger partial charge in [-0.15, -0.1) is 0 Å². The Hall–Kier alpha value is -0.120. The van der Waals surface area contributed by atoms with Crippen molar-refractivity contribution in [3.05, 3.63) is 0 Å². The standard InChI is InChI=1S/C17H35N3/c1-18-14-17(10-6-4-5-7-11-17)15-20(3)16-8-12-19(2)13-9-16/h16,18H,4-15H2,1-3H3. The summed E-state index contributed by atoms with van der Waals surface area (Å²) < 4.78 is 0. The van der Waals surface area contributed by atoms with E-state index < -0.39 is 0 Å². The largest absolute Gasteiger partial charge is 0.319 e. The summed E-state index contributed by atoms with van der Waals surface area (Å²) in [7, 11) is 6.75. The van der Waals surface area contributed by atoms with Gasteiger partial charge in [-0.05, 0) is 65.3 Å². The average Bonchev–Trinajstić information content (AvgIpc) is 2.66. The molecule has 0 aromatic carbocycles. The van der Waals surface area contributed by atoms with Gasteiger partial charge in [0.05, 0.1) is 0 Å². The molecule has 3 heteroatoms. The van der Waals surface area contributed by atoms with Crippen LogP contribution in [0, 0.1) is 5.41 Å². The molecule has 0 aromatic heterocycles. The fourth-order valence-corrected chi connectivity index (χ4v) is 4.34. The van der Waals surface area contributed by atoms with Crippen LogP contribution in [0.25, 0.3) is 0 Å². The van der Waals surface area contributed by atoms with E-state index in [4.69, 9.17) is 0 Å². The Morgan fingerprint density at radius 1 is 1.10 bits per heavy atom. The SMILES string of the molecule is CNCC1(CN(C)C2CCN(C)CC2)CCCCCC1. The van der Waals surface area contributed by atoms with Crippen LogP contribution in [0.15, 0.2) is 0 Å². The van der Waals surface area contributed by atoms with Crippen LogP contribution in [0.1, 0.15) is 51.4 Å². The summed E-state index contributed by atoms with van der Waals surface area (Å²) >= 11 is 0. The molecule has 0 radical (unpaired) electrons. The normalized spacial score (nSPS) is 25.8. The zero-order chi connectivity index (χ0) is 14.4. The first kappa shape index (κ1) is 16.3. The quantitative estimate of drug-likeness (QED) is 0.782. The predicted molar refractivity (Wildman–Crippen MR) is 87.2 cm³/mol. The number of likely N-dealkylation sites (tertiary alicyclic amines) is 1. The van der Waals surface area contributed by atoms with Gasteiger partial charge >= 0.3 is 0 Å². The fraction of sp³-hybridized carbons (Fsp3) is 1.00. The minimum atomic E-state index is 0.531. The van der Waals surface area contributed by atoms with E-state index >= 15 is 0 Å². The molecule has 0 amide bonds. The van der Waals surface area contributed by atoms with Crippen LogP contribution < -0.4 is 5.32 Å². The Morgan fingerprint density at radius 2 is 1.70 bits per heavy atom. The Labute approximate surface area is 126 Å². The zero-order valence-electron chi connectivity index (χ0n) is 14.0. The van der Waals surface area contributed by atoms with Crippen LogP contribution in [-0.4, -0.2) is 63.2 Å². The number of nitrogens with zero attached hydrogens (tertiary/aromatic N) is 2. The minimum Gasteiger partial charge on any atom is -0.319 e. The first-order chi connectivity index (χ1) is 9.65. The molecule has 1 saturated heterocycles. The van der Waals surface area contributed by atoms with Crippen LogP contribution in [0.5, 0.6) is 0 Å². The molecule has 1 aliphatic carbocycles. The summed E-state index contributed by atoms with van der Waals surface area (Å²) in [4.78, 5) is 5.16. The molecule has 2 rings (SSSR count). The third-order valence-corrected chi connectivity index (χ3v) is 5.61. The highest BCUT2D eigenvalue weighted by atomic mass is 15.2. The summed E-state index contributed by atoms with van der Waals surface area (Å²) in [6.07, 6.45) is 11.3. The molecule has 0 unspecified atom stereocenters. The maximum atomic E-state index is 3.49. The van der Waals surface area contributed by atoms with E-state index in [1.165, 1.54) is 77.5 Å². The van der Waals surface area contributed by atoms with Crippen molar-refractivity contribution in [2.75, 3.05) is 47.3 Å². The summed E-state index contributed by atoms with van der Waals surface area (Å²) in [6.45, 7) is 5.04. The smallest absolute Gasteiger partial charge is 0.0117 e. The average molecular weight is 281 g/mol. The number of hydrogen-bond acceptors (Lipinski definition) is 3. The van der Waals surface area contributed by atoms with Gasteiger partial charge in [0, 0.05) is 19.1 Å². The lowest BCUT2D eigenvalue weighted by Crippen LogP contribution is -2.48. The van der Waals surface area contributed by atoms with E-state index in [0.717, 1.165) is 6.04 Å². The topological polar surface area (TPSA) is 18.5 Å². The van der Waals surface area contributed by atoms with Crippen molar-refractivity contribution in [1.82, 2.24) is 15.1 Å². The third-order valence-electron chi connectivity index (χ3n) is 5.61. The summed E-state index contributed by atoms with van der Waals surface area (Å²) in [5.74, 6) is 0. The molecule has 20 heavy (non-hydrogen) atoms. The first-order valence-electron chi connectivity index (χ1n) is 8.69. The van der Waals surface area contributed by atoms with E-state index in [9.17, 15) is 0 Å². The van der Waals surface area contributed by atoms with E-state index in [2.05, 4.69) is 36.3 Å². The molecule has 0 bridgehead atoms. The van der Waals surface area contributed by atoms with Crippen LogP contribution in [0.3, 0.4) is 0 Å². The van der Waals surface area contributed by atoms with Crippen molar-refractivity contribution >= 4 is 0 Å². The van der Waals surface area contributed by atoms with Crippen molar-refractivity contribution in [2.24, 2.45) is 5.41 Å². The first-order valence-corrected chi connectivity index (χ1v) is 8.69. The van der Waals surface area contributed by atoms with E-state index in [0.29, 0.717) is 5.41 Å². The van der Waals surface area contributed by atoms with Crippen molar-refractivity contribution < 1.29 is 0 Å². The highest BCUT2D eigenvalue weighted by Gasteiger charge is 2.33. The van der Waals surface area contributed by atoms with Gasteiger partial charge in [0.1, 0.15) is 0 Å². The van der Waals surface area contributed by atoms with Gasteiger partial charge in [-0.25, -0.2) is 0 Å². The summed E-state index contributed by atoms with van der Waals surface area (Å²) in [6, 6.07) is 0.809. The lowest BCUT2D eigenvalue weighted by molar-refractivity contribution is 0.0830. The Morgan fingerprint density at radius 3 is 2.25 bits per heavy atom. The third kappa shape index (κ3) is 4.44. The second kappa shape index (κ2) is 7.77. The Balaban J connectivity index is 1.92. The lowest BCUT2D eigenvalue weighted by atomic mass is 9.79. The van der Waals surface area contributed by atoms with Gasteiger partial charge in [-0.2, -0.15) is 0 Å². The zero-order valence-corrected chi connectivity index (χ0v) is 14.0. The second-order valence-corrected chi connectivity index (χ2v) is 7.39. The maximum absolute atomic E-state index is 3.49. The molecule has 1 saturated carbocycles. The van der Waals surface area contributed by atoms with Gasteiger partial charge < -0.3 is 15.1 Å². The molecule has 118 valence electrons. The Kier molecular flexibility index (Phi) is 6.31. The molecule has 0 spiro atoms. The van der Waals surface area contributed by atoms with Gasteiger partial charge in [0.25, 0.3) is 0 Å². The monoisotopic (exact) mass is 281 g/mol. The molecule has 1 heterocycles. The van der Waals surface area contributed by atoms with Gasteiger partial charge in [-0.1, -0.05) is 25.7 Å². The number of piperidine rings is 1. The Bertz CT molecular complexity index is 263. The molecule has 0 atom stereocenters. The molecular formula is C17H35N3. The van der Waals surface area contributed by atoms with Crippen LogP contribution in [0.4, 0.5) is 0 Å². The molecule has 2 aliphatic rings. The highest BCUT2D eigenvalue weighted by Crippen LogP contribution is 2.36. The van der Waals surface area contributed by atoms with Crippen molar-refractivity contribution in [2.45, 2.75) is 57.4 Å². The molecule has 0 aromatic rings. The van der Waals surface area contributed by atoms with Crippen molar-refractivity contribution in [3.63, 3.8) is 0 Å². The van der Waals surface area contributed by atoms with Crippen LogP contribution in [0.2, 0.25) is 0 Å². The maximum Gasteiger partial charge on any atom is 0.0117 e. The molecule has 1 N–H and O–H groups in total. The number of rotatable bonds is 5. The molecule has 1 aliphatic heterocycles. The van der Waals surface area contributed by atoms with Gasteiger partial charge in [0.2, 0.25) is 0 Å². The van der Waals surface area contributed by atoms with E-state index in [1.807, 2.05) is 0 Å². The number of hydrogen-bond donors (Lipinski definition) is 1. The lowest BCUT2D eigenvalue weighted by Gasteiger charge is -2.42. The molecular weight excluding hydrogens is 246 g/mol. The molecule has 3 nitrogen and oxygen atoms in total.